The van der Waals surface area contributed by atoms with Crippen molar-refractivity contribution in [2.45, 2.75) is 13.0 Å². The number of methoxy groups -OCH3 is 1. The standard InChI is InChI=1S/C18H19NO4/c1-12(21-2)13-5-3-6-14(11-13)19-18(20)15-7-4-8-16-17(15)23-10-9-22-16/h3-8,11-12H,9-10H2,1-2H3,(H,19,20)/t12-/m0/s1. The largest absolute Gasteiger partial charge is 0.486 e. The number of hydrogen-bond acceptors (Lipinski definition) is 4. The molecular formula is C18H19NO4. The van der Waals surface area contributed by atoms with Crippen LogP contribution in [-0.2, 0) is 4.74 Å². The number of carbonyl (C=O) groups excluding carboxylic acids is 1. The summed E-state index contributed by atoms with van der Waals surface area (Å²) in [5.41, 5.74) is 2.18. The fourth-order valence-corrected chi connectivity index (χ4v) is 2.46. The van der Waals surface area contributed by atoms with Crippen molar-refractivity contribution in [1.29, 1.82) is 0 Å². The number of amides is 1. The van der Waals surface area contributed by atoms with Crippen molar-refractivity contribution in [2.24, 2.45) is 0 Å². The van der Waals surface area contributed by atoms with Crippen LogP contribution in [0.15, 0.2) is 42.5 Å². The minimum atomic E-state index is -0.227. The Morgan fingerprint density at radius 2 is 1.96 bits per heavy atom. The molecule has 0 bridgehead atoms. The van der Waals surface area contributed by atoms with Gasteiger partial charge in [-0.05, 0) is 36.8 Å². The lowest BCUT2D eigenvalue weighted by Crippen LogP contribution is -2.20. The van der Waals surface area contributed by atoms with Crippen LogP contribution >= 0.6 is 0 Å². The average molecular weight is 313 g/mol. The van der Waals surface area contributed by atoms with Crippen molar-refractivity contribution in [1.82, 2.24) is 0 Å². The molecule has 0 saturated heterocycles. The van der Waals surface area contributed by atoms with Crippen LogP contribution in [0.5, 0.6) is 11.5 Å². The molecule has 1 amide bonds. The van der Waals surface area contributed by atoms with Gasteiger partial charge < -0.3 is 19.5 Å². The van der Waals surface area contributed by atoms with E-state index in [2.05, 4.69) is 5.32 Å². The molecule has 120 valence electrons. The van der Waals surface area contributed by atoms with Crippen LogP contribution in [0.1, 0.15) is 28.9 Å². The Bertz CT molecular complexity index is 714. The predicted octanol–water partition coefficient (Wildman–Crippen LogP) is 3.42. The second kappa shape index (κ2) is 6.71. The first-order valence-electron chi connectivity index (χ1n) is 7.52. The summed E-state index contributed by atoms with van der Waals surface area (Å²) >= 11 is 0. The summed E-state index contributed by atoms with van der Waals surface area (Å²) in [7, 11) is 1.66. The van der Waals surface area contributed by atoms with Crippen LogP contribution < -0.4 is 14.8 Å². The van der Waals surface area contributed by atoms with Crippen LogP contribution in [0.25, 0.3) is 0 Å². The Labute approximate surface area is 135 Å². The molecule has 23 heavy (non-hydrogen) atoms. The van der Waals surface area contributed by atoms with Crippen molar-refractivity contribution in [3.8, 4) is 11.5 Å². The molecule has 1 N–H and O–H groups in total. The molecule has 2 aromatic carbocycles. The summed E-state index contributed by atoms with van der Waals surface area (Å²) in [6, 6.07) is 12.9. The maximum Gasteiger partial charge on any atom is 0.259 e. The number of hydrogen-bond donors (Lipinski definition) is 1. The van der Waals surface area contributed by atoms with Crippen LogP contribution in [0, 0.1) is 0 Å². The second-order valence-electron chi connectivity index (χ2n) is 5.29. The number of benzene rings is 2. The Kier molecular flexibility index (Phi) is 4.48. The van der Waals surface area contributed by atoms with E-state index in [1.54, 1.807) is 25.3 Å². The molecule has 0 unspecified atom stereocenters. The Morgan fingerprint density at radius 3 is 2.78 bits per heavy atom. The van der Waals surface area contributed by atoms with Gasteiger partial charge in [-0.15, -0.1) is 0 Å². The highest BCUT2D eigenvalue weighted by Crippen LogP contribution is 2.34. The van der Waals surface area contributed by atoms with Gasteiger partial charge >= 0.3 is 0 Å². The molecule has 1 aliphatic heterocycles. The van der Waals surface area contributed by atoms with E-state index in [9.17, 15) is 4.79 Å². The van der Waals surface area contributed by atoms with E-state index < -0.39 is 0 Å². The van der Waals surface area contributed by atoms with Crippen LogP contribution in [0.4, 0.5) is 5.69 Å². The van der Waals surface area contributed by atoms with Gasteiger partial charge in [0.15, 0.2) is 11.5 Å². The number of ether oxygens (including phenoxy) is 3. The van der Waals surface area contributed by atoms with E-state index in [-0.39, 0.29) is 12.0 Å². The zero-order valence-corrected chi connectivity index (χ0v) is 13.2. The zero-order valence-electron chi connectivity index (χ0n) is 13.2. The van der Waals surface area contributed by atoms with Crippen LogP contribution in [0.2, 0.25) is 0 Å². The van der Waals surface area contributed by atoms with Crippen molar-refractivity contribution in [3.63, 3.8) is 0 Å². The molecule has 2 aromatic rings. The second-order valence-corrected chi connectivity index (χ2v) is 5.29. The SMILES string of the molecule is CO[C@@H](C)c1cccc(NC(=O)c2cccc3c2OCCO3)c1. The minimum Gasteiger partial charge on any atom is -0.486 e. The highest BCUT2D eigenvalue weighted by atomic mass is 16.6. The fourth-order valence-electron chi connectivity index (χ4n) is 2.46. The molecule has 5 heteroatoms. The molecule has 0 aliphatic carbocycles. The first kappa shape index (κ1) is 15.4. The number of para-hydroxylation sites is 1. The quantitative estimate of drug-likeness (QED) is 0.939. The molecule has 0 fully saturated rings. The van der Waals surface area contributed by atoms with E-state index >= 15 is 0 Å². The van der Waals surface area contributed by atoms with E-state index in [0.717, 1.165) is 5.56 Å². The first-order valence-corrected chi connectivity index (χ1v) is 7.52. The molecule has 0 spiro atoms. The lowest BCUT2D eigenvalue weighted by atomic mass is 10.1. The third-order valence-corrected chi connectivity index (χ3v) is 3.78. The third-order valence-electron chi connectivity index (χ3n) is 3.78. The maximum absolute atomic E-state index is 12.6. The molecule has 3 rings (SSSR count). The van der Waals surface area contributed by atoms with Gasteiger partial charge in [-0.3, -0.25) is 4.79 Å². The summed E-state index contributed by atoms with van der Waals surface area (Å²) in [5, 5.41) is 2.90. The van der Waals surface area contributed by atoms with E-state index in [1.807, 2.05) is 31.2 Å². The molecule has 1 atom stereocenters. The fraction of sp³-hybridized carbons (Fsp3) is 0.278. The number of anilines is 1. The van der Waals surface area contributed by atoms with Crippen molar-refractivity contribution >= 4 is 11.6 Å². The summed E-state index contributed by atoms with van der Waals surface area (Å²) in [6.07, 6.45) is -0.0342. The van der Waals surface area contributed by atoms with Crippen LogP contribution in [-0.4, -0.2) is 26.2 Å². The monoisotopic (exact) mass is 313 g/mol. The first-order chi connectivity index (χ1) is 11.2. The Morgan fingerprint density at radius 1 is 1.17 bits per heavy atom. The van der Waals surface area contributed by atoms with Gasteiger partial charge in [-0.1, -0.05) is 18.2 Å². The highest BCUT2D eigenvalue weighted by molar-refractivity contribution is 6.06. The van der Waals surface area contributed by atoms with Gasteiger partial charge in [-0.2, -0.15) is 0 Å². The molecule has 0 radical (unpaired) electrons. The normalized spacial score (nSPS) is 14.2. The number of nitrogens with one attached hydrogen (secondary N) is 1. The van der Waals surface area contributed by atoms with Gasteiger partial charge in [0.1, 0.15) is 13.2 Å². The molecule has 5 nitrogen and oxygen atoms in total. The van der Waals surface area contributed by atoms with E-state index in [4.69, 9.17) is 14.2 Å². The van der Waals surface area contributed by atoms with Gasteiger partial charge in [-0.25, -0.2) is 0 Å². The lowest BCUT2D eigenvalue weighted by Gasteiger charge is -2.20. The number of carbonyl (C=O) groups is 1. The lowest BCUT2D eigenvalue weighted by molar-refractivity contribution is 0.101. The minimum absolute atomic E-state index is 0.0342. The van der Waals surface area contributed by atoms with Gasteiger partial charge in [0.2, 0.25) is 0 Å². The van der Waals surface area contributed by atoms with Gasteiger partial charge in [0, 0.05) is 12.8 Å². The Balaban J connectivity index is 1.83. The van der Waals surface area contributed by atoms with Crippen molar-refractivity contribution in [2.75, 3.05) is 25.6 Å². The topological polar surface area (TPSA) is 56.8 Å². The van der Waals surface area contributed by atoms with Crippen molar-refractivity contribution in [3.05, 3.63) is 53.6 Å². The summed E-state index contributed by atoms with van der Waals surface area (Å²) in [6.45, 7) is 2.90. The summed E-state index contributed by atoms with van der Waals surface area (Å²) in [4.78, 5) is 12.6. The molecule has 0 aromatic heterocycles. The zero-order chi connectivity index (χ0) is 16.2. The van der Waals surface area contributed by atoms with E-state index in [1.165, 1.54) is 0 Å². The number of rotatable bonds is 4. The molecule has 0 saturated carbocycles. The third kappa shape index (κ3) is 3.29. The molecular weight excluding hydrogens is 294 g/mol. The Hall–Kier alpha value is -2.53. The highest BCUT2D eigenvalue weighted by Gasteiger charge is 2.20. The van der Waals surface area contributed by atoms with Crippen LogP contribution in [0.3, 0.4) is 0 Å². The molecule has 1 aliphatic rings. The average Bonchev–Trinajstić information content (AvgIpc) is 2.60. The van der Waals surface area contributed by atoms with Crippen molar-refractivity contribution < 1.29 is 19.0 Å². The maximum atomic E-state index is 12.6. The smallest absolute Gasteiger partial charge is 0.259 e. The van der Waals surface area contributed by atoms with E-state index in [0.29, 0.717) is 36.0 Å². The summed E-state index contributed by atoms with van der Waals surface area (Å²) < 4.78 is 16.4. The predicted molar refractivity (Wildman–Crippen MR) is 87.3 cm³/mol. The van der Waals surface area contributed by atoms with Gasteiger partial charge in [0.05, 0.1) is 11.7 Å². The number of fused-ring (bicyclic) bond motifs is 1. The summed E-state index contributed by atoms with van der Waals surface area (Å²) in [5.74, 6) is 0.873. The molecule has 1 heterocycles. The van der Waals surface area contributed by atoms with Gasteiger partial charge in [0.25, 0.3) is 5.91 Å².